The van der Waals surface area contributed by atoms with Crippen LogP contribution in [0.25, 0.3) is 0 Å². The maximum atomic E-state index is 12.4. The Balaban J connectivity index is 2.21. The third-order valence-corrected chi connectivity index (χ3v) is 3.08. The second-order valence-corrected chi connectivity index (χ2v) is 4.98. The van der Waals surface area contributed by atoms with Crippen LogP contribution in [-0.4, -0.2) is 40.1 Å². The Labute approximate surface area is 119 Å². The van der Waals surface area contributed by atoms with E-state index in [9.17, 15) is 4.79 Å². The number of aromatic amines is 1. The Hall–Kier alpha value is -1.89. The van der Waals surface area contributed by atoms with E-state index < -0.39 is 0 Å². The Morgan fingerprint density at radius 2 is 2.32 bits per heavy atom. The second-order valence-electron chi connectivity index (χ2n) is 4.07. The van der Waals surface area contributed by atoms with Gasteiger partial charge in [0.05, 0.1) is 11.8 Å². The van der Waals surface area contributed by atoms with E-state index in [2.05, 4.69) is 36.4 Å². The number of halogens is 1. The molecule has 0 atom stereocenters. The average Bonchev–Trinajstić information content (AvgIpc) is 2.90. The van der Waals surface area contributed by atoms with Crippen molar-refractivity contribution in [2.24, 2.45) is 0 Å². The Kier molecular flexibility index (Phi) is 4.16. The van der Waals surface area contributed by atoms with Crippen LogP contribution in [0.15, 0.2) is 29.1 Å². The van der Waals surface area contributed by atoms with E-state index in [-0.39, 0.29) is 5.91 Å². The fourth-order valence-corrected chi connectivity index (χ4v) is 2.05. The van der Waals surface area contributed by atoms with Gasteiger partial charge in [-0.3, -0.25) is 9.89 Å². The van der Waals surface area contributed by atoms with Crippen LogP contribution in [0.4, 0.5) is 5.82 Å². The van der Waals surface area contributed by atoms with Crippen molar-refractivity contribution in [3.63, 3.8) is 0 Å². The number of hydrogen-bond acceptors (Lipinski definition) is 4. The van der Waals surface area contributed by atoms with Gasteiger partial charge in [-0.05, 0) is 22.0 Å². The minimum Gasteiger partial charge on any atom is -0.372 e. The molecular formula is C12H14BrN5O. The van der Waals surface area contributed by atoms with Gasteiger partial charge in [-0.2, -0.15) is 5.10 Å². The molecule has 100 valence electrons. The zero-order valence-electron chi connectivity index (χ0n) is 10.6. The predicted octanol–water partition coefficient (Wildman–Crippen LogP) is 1.88. The molecule has 0 aliphatic rings. The van der Waals surface area contributed by atoms with E-state index in [0.717, 1.165) is 10.0 Å². The number of nitrogens with one attached hydrogen (secondary N) is 2. The molecular weight excluding hydrogens is 310 g/mol. The van der Waals surface area contributed by atoms with Crippen LogP contribution in [-0.2, 0) is 6.54 Å². The van der Waals surface area contributed by atoms with Crippen LogP contribution in [0, 0.1) is 0 Å². The molecule has 6 nitrogen and oxygen atoms in total. The van der Waals surface area contributed by atoms with Crippen molar-refractivity contribution in [3.05, 3.63) is 40.3 Å². The molecule has 2 rings (SSSR count). The first kappa shape index (κ1) is 13.5. The quantitative estimate of drug-likeness (QED) is 0.901. The molecule has 0 saturated carbocycles. The summed E-state index contributed by atoms with van der Waals surface area (Å²) in [5, 5.41) is 9.50. The minimum atomic E-state index is -0.0978. The molecule has 0 aliphatic heterocycles. The van der Waals surface area contributed by atoms with E-state index in [1.807, 2.05) is 0 Å². The van der Waals surface area contributed by atoms with Gasteiger partial charge in [0.2, 0.25) is 0 Å². The number of amides is 1. The van der Waals surface area contributed by atoms with Crippen molar-refractivity contribution < 1.29 is 4.79 Å². The van der Waals surface area contributed by atoms with E-state index in [4.69, 9.17) is 0 Å². The molecule has 2 aromatic heterocycles. The lowest BCUT2D eigenvalue weighted by molar-refractivity contribution is 0.0785. The SMILES string of the molecule is CNc1ncc(Br)cc1C(=O)N(C)Cc1cn[nH]c1. The standard InChI is InChI=1S/C12H14BrN5O/c1-14-11-10(3-9(13)6-15-11)12(19)18(2)7-8-4-16-17-5-8/h3-6H,7H2,1-2H3,(H,14,15)(H,16,17). The minimum absolute atomic E-state index is 0.0978. The molecule has 0 unspecified atom stereocenters. The van der Waals surface area contributed by atoms with Gasteiger partial charge in [-0.15, -0.1) is 0 Å². The molecule has 0 aromatic carbocycles. The molecule has 0 bridgehead atoms. The summed E-state index contributed by atoms with van der Waals surface area (Å²) in [5.74, 6) is 0.464. The van der Waals surface area contributed by atoms with Crippen LogP contribution in [0.1, 0.15) is 15.9 Å². The lowest BCUT2D eigenvalue weighted by Gasteiger charge is -2.18. The Morgan fingerprint density at radius 1 is 1.53 bits per heavy atom. The highest BCUT2D eigenvalue weighted by molar-refractivity contribution is 9.10. The van der Waals surface area contributed by atoms with Crippen molar-refractivity contribution in [2.45, 2.75) is 6.54 Å². The van der Waals surface area contributed by atoms with Crippen molar-refractivity contribution in [1.29, 1.82) is 0 Å². The number of hydrogen-bond donors (Lipinski definition) is 2. The van der Waals surface area contributed by atoms with Crippen molar-refractivity contribution in [1.82, 2.24) is 20.1 Å². The molecule has 0 radical (unpaired) electrons. The number of nitrogens with zero attached hydrogens (tertiary/aromatic N) is 3. The van der Waals surface area contributed by atoms with Gasteiger partial charge in [-0.1, -0.05) is 0 Å². The van der Waals surface area contributed by atoms with Gasteiger partial charge in [0.15, 0.2) is 0 Å². The van der Waals surface area contributed by atoms with Gasteiger partial charge in [0, 0.05) is 43.1 Å². The Bertz CT molecular complexity index is 570. The maximum absolute atomic E-state index is 12.4. The zero-order chi connectivity index (χ0) is 13.8. The summed E-state index contributed by atoms with van der Waals surface area (Å²) in [6, 6.07) is 1.76. The summed E-state index contributed by atoms with van der Waals surface area (Å²) in [5.41, 5.74) is 1.48. The Morgan fingerprint density at radius 3 is 2.95 bits per heavy atom. The number of H-pyrrole nitrogens is 1. The van der Waals surface area contributed by atoms with Gasteiger partial charge >= 0.3 is 0 Å². The highest BCUT2D eigenvalue weighted by Gasteiger charge is 2.17. The first-order valence-corrected chi connectivity index (χ1v) is 6.47. The monoisotopic (exact) mass is 323 g/mol. The lowest BCUT2D eigenvalue weighted by atomic mass is 10.2. The van der Waals surface area contributed by atoms with Gasteiger partial charge in [0.25, 0.3) is 5.91 Å². The van der Waals surface area contributed by atoms with Crippen LogP contribution < -0.4 is 5.32 Å². The molecule has 0 fully saturated rings. The smallest absolute Gasteiger partial charge is 0.257 e. The highest BCUT2D eigenvalue weighted by Crippen LogP contribution is 2.19. The molecule has 2 heterocycles. The molecule has 1 amide bonds. The third kappa shape index (κ3) is 3.11. The number of carbonyl (C=O) groups excluding carboxylic acids is 1. The number of aromatic nitrogens is 3. The van der Waals surface area contributed by atoms with Crippen molar-refractivity contribution >= 4 is 27.7 Å². The molecule has 2 aromatic rings. The first-order valence-electron chi connectivity index (χ1n) is 5.68. The summed E-state index contributed by atoms with van der Waals surface area (Å²) < 4.78 is 0.770. The van der Waals surface area contributed by atoms with E-state index >= 15 is 0 Å². The number of carbonyl (C=O) groups is 1. The molecule has 2 N–H and O–H groups in total. The van der Waals surface area contributed by atoms with Crippen molar-refractivity contribution in [2.75, 3.05) is 19.4 Å². The summed E-state index contributed by atoms with van der Waals surface area (Å²) in [6.45, 7) is 0.491. The summed E-state index contributed by atoms with van der Waals surface area (Å²) in [6.07, 6.45) is 5.11. The van der Waals surface area contributed by atoms with E-state index in [0.29, 0.717) is 17.9 Å². The summed E-state index contributed by atoms with van der Waals surface area (Å²) in [4.78, 5) is 18.2. The van der Waals surface area contributed by atoms with E-state index in [1.165, 1.54) is 0 Å². The molecule has 0 aliphatic carbocycles. The molecule has 19 heavy (non-hydrogen) atoms. The highest BCUT2D eigenvalue weighted by atomic mass is 79.9. The lowest BCUT2D eigenvalue weighted by Crippen LogP contribution is -2.27. The van der Waals surface area contributed by atoms with Crippen LogP contribution >= 0.6 is 15.9 Å². The number of anilines is 1. The van der Waals surface area contributed by atoms with Crippen LogP contribution in [0.2, 0.25) is 0 Å². The summed E-state index contributed by atoms with van der Waals surface area (Å²) in [7, 11) is 3.48. The zero-order valence-corrected chi connectivity index (χ0v) is 12.2. The largest absolute Gasteiger partial charge is 0.372 e. The van der Waals surface area contributed by atoms with Gasteiger partial charge < -0.3 is 10.2 Å². The molecule has 0 spiro atoms. The fourth-order valence-electron chi connectivity index (χ4n) is 1.72. The summed E-state index contributed by atoms with van der Waals surface area (Å²) >= 11 is 3.33. The molecule has 0 saturated heterocycles. The van der Waals surface area contributed by atoms with Crippen LogP contribution in [0.3, 0.4) is 0 Å². The topological polar surface area (TPSA) is 73.9 Å². The predicted molar refractivity (Wildman–Crippen MR) is 75.9 cm³/mol. The normalized spacial score (nSPS) is 10.3. The number of pyridine rings is 1. The maximum Gasteiger partial charge on any atom is 0.257 e. The fraction of sp³-hybridized carbons (Fsp3) is 0.250. The molecule has 7 heteroatoms. The van der Waals surface area contributed by atoms with Crippen molar-refractivity contribution in [3.8, 4) is 0 Å². The van der Waals surface area contributed by atoms with Crippen LogP contribution in [0.5, 0.6) is 0 Å². The number of rotatable bonds is 4. The first-order chi connectivity index (χ1) is 9.11. The van der Waals surface area contributed by atoms with Gasteiger partial charge in [-0.25, -0.2) is 4.98 Å². The average molecular weight is 324 g/mol. The second kappa shape index (κ2) is 5.83. The third-order valence-electron chi connectivity index (χ3n) is 2.64. The van der Waals surface area contributed by atoms with Gasteiger partial charge in [0.1, 0.15) is 5.82 Å². The van der Waals surface area contributed by atoms with E-state index in [1.54, 1.807) is 43.7 Å².